The highest BCUT2D eigenvalue weighted by atomic mass is 16.5. The molecule has 110 valence electrons. The quantitative estimate of drug-likeness (QED) is 0.898. The van der Waals surface area contributed by atoms with Crippen LogP contribution < -0.4 is 0 Å². The molecule has 1 aliphatic rings. The van der Waals surface area contributed by atoms with Gasteiger partial charge in [0.05, 0.1) is 13.2 Å². The van der Waals surface area contributed by atoms with E-state index in [1.54, 1.807) is 6.07 Å². The van der Waals surface area contributed by atoms with E-state index in [9.17, 15) is 14.7 Å². The van der Waals surface area contributed by atoms with Gasteiger partial charge < -0.3 is 19.3 Å². The number of aromatic nitrogens is 1. The first kappa shape index (κ1) is 13.6. The van der Waals surface area contributed by atoms with Crippen molar-refractivity contribution >= 4 is 22.8 Å². The lowest BCUT2D eigenvalue weighted by molar-refractivity contribution is -0.147. The molecule has 1 fully saturated rings. The molecule has 21 heavy (non-hydrogen) atoms. The summed E-state index contributed by atoms with van der Waals surface area (Å²) in [5.41, 5.74) is 1.47. The SMILES string of the molecule is Cn1ccc2c(C(=O)N3CCOC[C@H]3C(=O)O)cccc21. The summed E-state index contributed by atoms with van der Waals surface area (Å²) in [6.45, 7) is 0.686. The van der Waals surface area contributed by atoms with Crippen LogP contribution in [-0.4, -0.2) is 52.3 Å². The molecule has 6 nitrogen and oxygen atoms in total. The van der Waals surface area contributed by atoms with Crippen molar-refractivity contribution in [2.24, 2.45) is 7.05 Å². The number of carbonyl (C=O) groups excluding carboxylic acids is 1. The van der Waals surface area contributed by atoms with Crippen molar-refractivity contribution in [3.63, 3.8) is 0 Å². The van der Waals surface area contributed by atoms with Gasteiger partial charge in [0.15, 0.2) is 6.04 Å². The largest absolute Gasteiger partial charge is 0.480 e. The molecular formula is C15H16N2O4. The van der Waals surface area contributed by atoms with Gasteiger partial charge in [-0.05, 0) is 18.2 Å². The average molecular weight is 288 g/mol. The fourth-order valence-electron chi connectivity index (χ4n) is 2.69. The molecule has 1 N–H and O–H groups in total. The second-order valence-corrected chi connectivity index (χ2v) is 5.09. The van der Waals surface area contributed by atoms with Crippen LogP contribution in [-0.2, 0) is 16.6 Å². The molecule has 0 aliphatic carbocycles. The molecule has 1 aromatic carbocycles. The number of aryl methyl sites for hydroxylation is 1. The van der Waals surface area contributed by atoms with E-state index >= 15 is 0 Å². The minimum atomic E-state index is -1.04. The second-order valence-electron chi connectivity index (χ2n) is 5.09. The number of carboxylic acid groups (broad SMARTS) is 1. The van der Waals surface area contributed by atoms with Crippen LogP contribution in [0.15, 0.2) is 30.5 Å². The van der Waals surface area contributed by atoms with Crippen LogP contribution >= 0.6 is 0 Å². The van der Waals surface area contributed by atoms with Gasteiger partial charge in [-0.25, -0.2) is 4.79 Å². The Kier molecular flexibility index (Phi) is 3.39. The first-order valence-electron chi connectivity index (χ1n) is 6.75. The van der Waals surface area contributed by atoms with Crippen LogP contribution in [0.5, 0.6) is 0 Å². The van der Waals surface area contributed by atoms with Crippen molar-refractivity contribution < 1.29 is 19.4 Å². The summed E-state index contributed by atoms with van der Waals surface area (Å²) < 4.78 is 7.10. The molecule has 0 bridgehead atoms. The molecule has 2 heterocycles. The van der Waals surface area contributed by atoms with E-state index in [4.69, 9.17) is 4.74 Å². The summed E-state index contributed by atoms with van der Waals surface area (Å²) in [4.78, 5) is 25.4. The van der Waals surface area contributed by atoms with Gasteiger partial charge in [-0.2, -0.15) is 0 Å². The molecule has 6 heteroatoms. The van der Waals surface area contributed by atoms with E-state index in [1.807, 2.05) is 36.0 Å². The van der Waals surface area contributed by atoms with Gasteiger partial charge in [0, 0.05) is 36.3 Å². The van der Waals surface area contributed by atoms with Crippen LogP contribution in [0, 0.1) is 0 Å². The van der Waals surface area contributed by atoms with Crippen LogP contribution in [0.25, 0.3) is 10.9 Å². The topological polar surface area (TPSA) is 71.8 Å². The Morgan fingerprint density at radius 2 is 2.14 bits per heavy atom. The minimum absolute atomic E-state index is 0.0336. The molecule has 0 saturated carbocycles. The summed E-state index contributed by atoms with van der Waals surface area (Å²) in [6.07, 6.45) is 1.88. The molecule has 2 aromatic rings. The Hall–Kier alpha value is -2.34. The Morgan fingerprint density at radius 3 is 2.90 bits per heavy atom. The normalized spacial score (nSPS) is 18.9. The Bertz CT molecular complexity index is 707. The molecule has 0 unspecified atom stereocenters. The monoisotopic (exact) mass is 288 g/mol. The van der Waals surface area contributed by atoms with Gasteiger partial charge in [0.1, 0.15) is 0 Å². The zero-order valence-corrected chi connectivity index (χ0v) is 11.7. The lowest BCUT2D eigenvalue weighted by atomic mass is 10.1. The van der Waals surface area contributed by atoms with Gasteiger partial charge in [0.2, 0.25) is 0 Å². The van der Waals surface area contributed by atoms with Gasteiger partial charge in [-0.15, -0.1) is 0 Å². The molecule has 0 spiro atoms. The summed E-state index contributed by atoms with van der Waals surface area (Å²) >= 11 is 0. The highest BCUT2D eigenvalue weighted by Crippen LogP contribution is 2.22. The third-order valence-electron chi connectivity index (χ3n) is 3.83. The number of morpholine rings is 1. The summed E-state index contributed by atoms with van der Waals surface area (Å²) in [6, 6.07) is 6.43. The Morgan fingerprint density at radius 1 is 1.33 bits per heavy atom. The predicted molar refractivity (Wildman–Crippen MR) is 76.2 cm³/mol. The van der Waals surface area contributed by atoms with Gasteiger partial charge in [-0.1, -0.05) is 6.07 Å². The third-order valence-corrected chi connectivity index (χ3v) is 3.83. The number of aliphatic carboxylic acids is 1. The number of carboxylic acids is 1. The van der Waals surface area contributed by atoms with Crippen molar-refractivity contribution in [3.8, 4) is 0 Å². The summed E-state index contributed by atoms with van der Waals surface area (Å²) in [5.74, 6) is -1.30. The average Bonchev–Trinajstić information content (AvgIpc) is 2.88. The van der Waals surface area contributed by atoms with Gasteiger partial charge in [0.25, 0.3) is 5.91 Å². The van der Waals surface area contributed by atoms with Gasteiger partial charge in [-0.3, -0.25) is 4.79 Å². The number of benzene rings is 1. The van der Waals surface area contributed by atoms with Crippen LogP contribution in [0.2, 0.25) is 0 Å². The number of amides is 1. The maximum absolute atomic E-state index is 12.7. The number of fused-ring (bicyclic) bond motifs is 1. The lowest BCUT2D eigenvalue weighted by Crippen LogP contribution is -2.52. The summed E-state index contributed by atoms with van der Waals surface area (Å²) in [5, 5.41) is 10.1. The van der Waals surface area contributed by atoms with E-state index < -0.39 is 12.0 Å². The van der Waals surface area contributed by atoms with E-state index in [-0.39, 0.29) is 12.5 Å². The zero-order valence-electron chi connectivity index (χ0n) is 11.7. The Balaban J connectivity index is 2.01. The van der Waals surface area contributed by atoms with Crippen molar-refractivity contribution in [3.05, 3.63) is 36.0 Å². The summed E-state index contributed by atoms with van der Waals surface area (Å²) in [7, 11) is 1.91. The molecule has 3 rings (SSSR count). The van der Waals surface area contributed by atoms with Gasteiger partial charge >= 0.3 is 5.97 Å². The smallest absolute Gasteiger partial charge is 0.328 e. The number of rotatable bonds is 2. The van der Waals surface area contributed by atoms with Crippen molar-refractivity contribution in [1.29, 1.82) is 0 Å². The first-order chi connectivity index (χ1) is 10.1. The fourth-order valence-corrected chi connectivity index (χ4v) is 2.69. The third kappa shape index (κ3) is 2.27. The van der Waals surface area contributed by atoms with Crippen LogP contribution in [0.3, 0.4) is 0 Å². The molecule has 1 aliphatic heterocycles. The van der Waals surface area contributed by atoms with Crippen molar-refractivity contribution in [2.75, 3.05) is 19.8 Å². The molecule has 1 aromatic heterocycles. The fraction of sp³-hybridized carbons (Fsp3) is 0.333. The number of hydrogen-bond acceptors (Lipinski definition) is 3. The maximum atomic E-state index is 12.7. The first-order valence-corrected chi connectivity index (χ1v) is 6.75. The standard InChI is InChI=1S/C15H16N2O4/c1-16-6-5-10-11(3-2-4-12(10)16)14(18)17-7-8-21-9-13(17)15(19)20/h2-6,13H,7-9H2,1H3,(H,19,20)/t13-/m0/s1. The minimum Gasteiger partial charge on any atom is -0.480 e. The van der Waals surface area contributed by atoms with E-state index in [0.29, 0.717) is 18.7 Å². The van der Waals surface area contributed by atoms with Crippen LogP contribution in [0.4, 0.5) is 0 Å². The molecular weight excluding hydrogens is 272 g/mol. The highest BCUT2D eigenvalue weighted by Gasteiger charge is 2.33. The number of ether oxygens (including phenoxy) is 1. The van der Waals surface area contributed by atoms with Crippen molar-refractivity contribution in [1.82, 2.24) is 9.47 Å². The van der Waals surface area contributed by atoms with E-state index in [0.717, 1.165) is 10.9 Å². The van der Waals surface area contributed by atoms with Crippen LogP contribution in [0.1, 0.15) is 10.4 Å². The second kappa shape index (κ2) is 5.21. The number of nitrogens with zero attached hydrogens (tertiary/aromatic N) is 2. The highest BCUT2D eigenvalue weighted by molar-refractivity contribution is 6.07. The van der Waals surface area contributed by atoms with E-state index in [1.165, 1.54) is 4.90 Å². The Labute approximate surface area is 121 Å². The molecule has 1 amide bonds. The number of carbonyl (C=O) groups is 2. The van der Waals surface area contributed by atoms with E-state index in [2.05, 4.69) is 0 Å². The molecule has 1 saturated heterocycles. The molecule has 0 radical (unpaired) electrons. The lowest BCUT2D eigenvalue weighted by Gasteiger charge is -2.33. The zero-order chi connectivity index (χ0) is 15.0. The maximum Gasteiger partial charge on any atom is 0.328 e. The molecule has 1 atom stereocenters. The van der Waals surface area contributed by atoms with Crippen molar-refractivity contribution in [2.45, 2.75) is 6.04 Å². The predicted octanol–water partition coefficient (Wildman–Crippen LogP) is 1.10. The number of hydrogen-bond donors (Lipinski definition) is 1.